The Bertz CT molecular complexity index is 1190. The van der Waals surface area contributed by atoms with E-state index in [2.05, 4.69) is 25.5 Å². The molecule has 9 heteroatoms. The van der Waals surface area contributed by atoms with Gasteiger partial charge in [-0.25, -0.2) is 4.79 Å². The van der Waals surface area contributed by atoms with Gasteiger partial charge in [0.05, 0.1) is 16.3 Å². The number of nitrogens with zero attached hydrogens (tertiary/aromatic N) is 3. The van der Waals surface area contributed by atoms with E-state index >= 15 is 0 Å². The van der Waals surface area contributed by atoms with Crippen molar-refractivity contribution in [1.82, 2.24) is 24.7 Å². The zero-order valence-corrected chi connectivity index (χ0v) is 16.1. The van der Waals surface area contributed by atoms with Gasteiger partial charge in [-0.3, -0.25) is 4.79 Å². The number of fused-ring (bicyclic) bond motifs is 1. The summed E-state index contributed by atoms with van der Waals surface area (Å²) in [5.41, 5.74) is 2.64. The molecule has 0 saturated heterocycles. The van der Waals surface area contributed by atoms with Crippen molar-refractivity contribution in [3.05, 3.63) is 59.0 Å². The highest BCUT2D eigenvalue weighted by Crippen LogP contribution is 2.26. The molecule has 1 amide bonds. The molecule has 0 unspecified atom stereocenters. The summed E-state index contributed by atoms with van der Waals surface area (Å²) in [5.74, 6) is 0.587. The number of aromatic nitrogens is 5. The molecule has 0 aliphatic carbocycles. The molecule has 2 aromatic carbocycles. The van der Waals surface area contributed by atoms with Crippen LogP contribution in [-0.4, -0.2) is 35.9 Å². The van der Waals surface area contributed by atoms with Crippen molar-refractivity contribution in [1.29, 1.82) is 0 Å². The minimum absolute atomic E-state index is 0.161. The number of nitrogens with one attached hydrogen (secondary N) is 3. The van der Waals surface area contributed by atoms with E-state index in [9.17, 15) is 9.59 Å². The second-order valence-corrected chi connectivity index (χ2v) is 7.63. The van der Waals surface area contributed by atoms with Crippen LogP contribution in [0, 0.1) is 0 Å². The first-order valence-electron chi connectivity index (χ1n) is 8.65. The lowest BCUT2D eigenvalue weighted by molar-refractivity contribution is -0.115. The SMILES string of the molecule is C[C@@H](Sc1nnc(-c2ccccc2)n1C)C(=O)Nc1ccc2[nH]c(=O)[nH]c2c1. The van der Waals surface area contributed by atoms with E-state index in [1.54, 1.807) is 18.2 Å². The van der Waals surface area contributed by atoms with E-state index in [0.717, 1.165) is 11.4 Å². The molecule has 2 heterocycles. The maximum atomic E-state index is 12.6. The maximum absolute atomic E-state index is 12.6. The summed E-state index contributed by atoms with van der Waals surface area (Å²) in [4.78, 5) is 29.3. The lowest BCUT2D eigenvalue weighted by Gasteiger charge is -2.12. The molecule has 1 atom stereocenters. The molecule has 8 nitrogen and oxygen atoms in total. The van der Waals surface area contributed by atoms with Crippen molar-refractivity contribution in [3.8, 4) is 11.4 Å². The zero-order chi connectivity index (χ0) is 19.7. The molecule has 0 aliphatic rings. The first-order chi connectivity index (χ1) is 13.5. The molecule has 28 heavy (non-hydrogen) atoms. The molecular formula is C19H18N6O2S. The summed E-state index contributed by atoms with van der Waals surface area (Å²) in [5, 5.41) is 11.6. The molecule has 2 aromatic heterocycles. The number of hydrogen-bond acceptors (Lipinski definition) is 5. The van der Waals surface area contributed by atoms with Crippen molar-refractivity contribution in [2.75, 3.05) is 5.32 Å². The van der Waals surface area contributed by atoms with Crippen LogP contribution in [0.2, 0.25) is 0 Å². The van der Waals surface area contributed by atoms with Gasteiger partial charge in [-0.15, -0.1) is 10.2 Å². The minimum atomic E-state index is -0.382. The third kappa shape index (κ3) is 3.56. The monoisotopic (exact) mass is 394 g/mol. The topological polar surface area (TPSA) is 108 Å². The van der Waals surface area contributed by atoms with Crippen LogP contribution in [0.15, 0.2) is 58.5 Å². The van der Waals surface area contributed by atoms with Crippen LogP contribution in [0.1, 0.15) is 6.92 Å². The molecule has 4 aromatic rings. The third-order valence-electron chi connectivity index (χ3n) is 4.30. The summed E-state index contributed by atoms with van der Waals surface area (Å²) in [6, 6.07) is 15.0. The first-order valence-corrected chi connectivity index (χ1v) is 9.53. The Balaban J connectivity index is 1.47. The van der Waals surface area contributed by atoms with E-state index in [-0.39, 0.29) is 16.8 Å². The van der Waals surface area contributed by atoms with Gasteiger partial charge >= 0.3 is 5.69 Å². The van der Waals surface area contributed by atoms with E-state index < -0.39 is 0 Å². The number of rotatable bonds is 5. The van der Waals surface area contributed by atoms with Crippen LogP contribution in [-0.2, 0) is 11.8 Å². The van der Waals surface area contributed by atoms with Gasteiger partial charge in [0.15, 0.2) is 11.0 Å². The highest BCUT2D eigenvalue weighted by Gasteiger charge is 2.19. The minimum Gasteiger partial charge on any atom is -0.325 e. The summed E-state index contributed by atoms with van der Waals surface area (Å²) in [7, 11) is 1.88. The smallest absolute Gasteiger partial charge is 0.323 e. The average Bonchev–Trinajstić information content (AvgIpc) is 3.24. The van der Waals surface area contributed by atoms with Gasteiger partial charge in [-0.1, -0.05) is 42.1 Å². The van der Waals surface area contributed by atoms with Gasteiger partial charge in [0.1, 0.15) is 0 Å². The van der Waals surface area contributed by atoms with E-state index in [1.165, 1.54) is 11.8 Å². The fourth-order valence-corrected chi connectivity index (χ4v) is 3.64. The average molecular weight is 394 g/mol. The number of H-pyrrole nitrogens is 2. The number of thioether (sulfide) groups is 1. The Morgan fingerprint density at radius 3 is 2.64 bits per heavy atom. The van der Waals surface area contributed by atoms with Gasteiger partial charge in [0, 0.05) is 18.3 Å². The molecule has 4 rings (SSSR count). The number of carbonyl (C=O) groups excluding carboxylic acids is 1. The number of hydrogen-bond donors (Lipinski definition) is 3. The summed E-state index contributed by atoms with van der Waals surface area (Å²) in [6.07, 6.45) is 0. The molecule has 0 aliphatic heterocycles. The highest BCUT2D eigenvalue weighted by molar-refractivity contribution is 8.00. The Morgan fingerprint density at radius 2 is 1.86 bits per heavy atom. The molecule has 0 bridgehead atoms. The van der Waals surface area contributed by atoms with Gasteiger partial charge in [-0.2, -0.15) is 0 Å². The van der Waals surface area contributed by atoms with Crippen molar-refractivity contribution >= 4 is 34.4 Å². The molecule has 0 radical (unpaired) electrons. The number of imidazole rings is 1. The fraction of sp³-hybridized carbons (Fsp3) is 0.158. The van der Waals surface area contributed by atoms with Crippen LogP contribution in [0.5, 0.6) is 0 Å². The molecule has 142 valence electrons. The summed E-state index contributed by atoms with van der Waals surface area (Å²) < 4.78 is 1.88. The molecular weight excluding hydrogens is 376 g/mol. The fourth-order valence-electron chi connectivity index (χ4n) is 2.82. The van der Waals surface area contributed by atoms with Crippen LogP contribution in [0.25, 0.3) is 22.4 Å². The maximum Gasteiger partial charge on any atom is 0.323 e. The van der Waals surface area contributed by atoms with Gasteiger partial charge in [0.2, 0.25) is 5.91 Å². The summed E-state index contributed by atoms with van der Waals surface area (Å²) >= 11 is 1.33. The standard InChI is InChI=1S/C19H18N6O2S/c1-11(17(26)20-13-8-9-14-15(10-13)22-18(27)21-14)28-19-24-23-16(25(19)2)12-6-4-3-5-7-12/h3-11H,1-2H3,(H,20,26)(H2,21,22,27)/t11-/m1/s1. The Kier molecular flexibility index (Phi) is 4.74. The Morgan fingerprint density at radius 1 is 1.11 bits per heavy atom. The zero-order valence-electron chi connectivity index (χ0n) is 15.3. The number of amides is 1. The molecule has 0 spiro atoms. The Labute approximate surface area is 164 Å². The van der Waals surface area contributed by atoms with Gasteiger partial charge < -0.3 is 19.9 Å². The van der Waals surface area contributed by atoms with Crippen molar-refractivity contribution in [2.45, 2.75) is 17.3 Å². The quantitative estimate of drug-likeness (QED) is 0.451. The number of aromatic amines is 2. The molecule has 3 N–H and O–H groups in total. The highest BCUT2D eigenvalue weighted by atomic mass is 32.2. The van der Waals surface area contributed by atoms with E-state index in [1.807, 2.05) is 48.9 Å². The van der Waals surface area contributed by atoms with Crippen LogP contribution < -0.4 is 11.0 Å². The van der Waals surface area contributed by atoms with Crippen molar-refractivity contribution in [2.24, 2.45) is 7.05 Å². The second kappa shape index (κ2) is 7.35. The van der Waals surface area contributed by atoms with Gasteiger partial charge in [-0.05, 0) is 25.1 Å². The predicted octanol–water partition coefficient (Wildman–Crippen LogP) is 2.77. The largest absolute Gasteiger partial charge is 0.325 e. The number of anilines is 1. The second-order valence-electron chi connectivity index (χ2n) is 6.32. The number of carbonyl (C=O) groups is 1. The van der Waals surface area contributed by atoms with Crippen molar-refractivity contribution in [3.63, 3.8) is 0 Å². The molecule has 0 fully saturated rings. The summed E-state index contributed by atoms with van der Waals surface area (Å²) in [6.45, 7) is 1.81. The van der Waals surface area contributed by atoms with Crippen molar-refractivity contribution < 1.29 is 4.79 Å². The predicted molar refractivity (Wildman–Crippen MR) is 109 cm³/mol. The van der Waals surface area contributed by atoms with Crippen LogP contribution >= 0.6 is 11.8 Å². The Hall–Kier alpha value is -3.33. The normalized spacial score (nSPS) is 12.2. The van der Waals surface area contributed by atoms with Crippen LogP contribution in [0.3, 0.4) is 0 Å². The third-order valence-corrected chi connectivity index (χ3v) is 5.44. The van der Waals surface area contributed by atoms with Crippen LogP contribution in [0.4, 0.5) is 5.69 Å². The lowest BCUT2D eigenvalue weighted by atomic mass is 10.2. The van der Waals surface area contributed by atoms with E-state index in [0.29, 0.717) is 21.9 Å². The molecule has 0 saturated carbocycles. The van der Waals surface area contributed by atoms with E-state index in [4.69, 9.17) is 0 Å². The van der Waals surface area contributed by atoms with Gasteiger partial charge in [0.25, 0.3) is 0 Å². The lowest BCUT2D eigenvalue weighted by Crippen LogP contribution is -2.22. The first kappa shape index (κ1) is 18.1. The number of benzene rings is 2.